The van der Waals surface area contributed by atoms with Gasteiger partial charge in [-0.3, -0.25) is 4.79 Å². The van der Waals surface area contributed by atoms with Crippen LogP contribution in [0.5, 0.6) is 17.4 Å². The molecule has 0 aliphatic carbocycles. The molecule has 0 spiro atoms. The van der Waals surface area contributed by atoms with Crippen molar-refractivity contribution in [3.05, 3.63) is 54.1 Å². The Hall–Kier alpha value is -3.99. The Kier molecular flexibility index (Phi) is 7.02. The van der Waals surface area contributed by atoms with Gasteiger partial charge in [0.25, 0.3) is 5.91 Å². The molecule has 1 amide bonds. The van der Waals surface area contributed by atoms with Crippen molar-refractivity contribution in [3.8, 4) is 28.6 Å². The van der Waals surface area contributed by atoms with E-state index in [9.17, 15) is 14.3 Å². The maximum atomic E-state index is 13.1. The van der Waals surface area contributed by atoms with Crippen LogP contribution in [0.25, 0.3) is 11.3 Å². The summed E-state index contributed by atoms with van der Waals surface area (Å²) in [7, 11) is 1.50. The van der Waals surface area contributed by atoms with Crippen LogP contribution in [0.2, 0.25) is 0 Å². The fourth-order valence-corrected chi connectivity index (χ4v) is 3.20. The number of amides is 1. The summed E-state index contributed by atoms with van der Waals surface area (Å²) in [6.45, 7) is 1.21. The van der Waals surface area contributed by atoms with Gasteiger partial charge in [-0.05, 0) is 31.2 Å². The third kappa shape index (κ3) is 5.31. The van der Waals surface area contributed by atoms with Crippen molar-refractivity contribution in [1.29, 1.82) is 0 Å². The van der Waals surface area contributed by atoms with Crippen molar-refractivity contribution in [2.24, 2.45) is 4.99 Å². The number of aromatic amines is 1. The highest BCUT2D eigenvalue weighted by atomic mass is 19.1. The first-order valence-corrected chi connectivity index (χ1v) is 10.6. The predicted molar refractivity (Wildman–Crippen MR) is 121 cm³/mol. The van der Waals surface area contributed by atoms with Gasteiger partial charge >= 0.3 is 0 Å². The van der Waals surface area contributed by atoms with Gasteiger partial charge in [-0.15, -0.1) is 0 Å². The Morgan fingerprint density at radius 1 is 1.26 bits per heavy atom. The quantitative estimate of drug-likeness (QED) is 0.439. The number of aromatic nitrogens is 3. The molecule has 34 heavy (non-hydrogen) atoms. The molecule has 0 radical (unpaired) electrons. The molecule has 0 fully saturated rings. The molecule has 3 N–H and O–H groups in total. The van der Waals surface area contributed by atoms with Crippen molar-refractivity contribution in [1.82, 2.24) is 20.3 Å². The van der Waals surface area contributed by atoms with Crippen LogP contribution in [0.1, 0.15) is 23.1 Å². The van der Waals surface area contributed by atoms with Crippen LogP contribution in [-0.4, -0.2) is 70.9 Å². The van der Waals surface area contributed by atoms with Crippen LogP contribution in [0.15, 0.2) is 47.7 Å². The summed E-state index contributed by atoms with van der Waals surface area (Å²) in [6.07, 6.45) is 1.99. The number of carbonyl (C=O) groups is 1. The highest BCUT2D eigenvalue weighted by molar-refractivity contribution is 5.94. The van der Waals surface area contributed by atoms with Crippen molar-refractivity contribution >= 4 is 11.8 Å². The summed E-state index contributed by atoms with van der Waals surface area (Å²) in [5.74, 6) is 1.02. The molecule has 0 saturated carbocycles. The minimum atomic E-state index is -0.650. The summed E-state index contributed by atoms with van der Waals surface area (Å²) in [5.41, 5.74) is 2.24. The van der Waals surface area contributed by atoms with Crippen LogP contribution in [0, 0.1) is 0 Å². The van der Waals surface area contributed by atoms with Crippen LogP contribution >= 0.6 is 0 Å². The molecule has 178 valence electrons. The number of aliphatic imine (C=N–C) groups is 1. The van der Waals surface area contributed by atoms with Crippen molar-refractivity contribution < 1.29 is 28.5 Å². The summed E-state index contributed by atoms with van der Waals surface area (Å²) in [4.78, 5) is 27.4. The molecule has 11 heteroatoms. The first-order valence-electron chi connectivity index (χ1n) is 10.6. The third-order valence-electron chi connectivity index (χ3n) is 4.90. The Labute approximate surface area is 194 Å². The lowest BCUT2D eigenvalue weighted by Gasteiger charge is -2.14. The Balaban J connectivity index is 1.62. The molecule has 3 aromatic rings. The van der Waals surface area contributed by atoms with Crippen LogP contribution in [0.3, 0.4) is 0 Å². The van der Waals surface area contributed by atoms with Crippen LogP contribution < -0.4 is 14.8 Å². The number of hydrogen-bond acceptors (Lipinski definition) is 8. The highest BCUT2D eigenvalue weighted by Gasteiger charge is 2.21. The molecule has 1 aliphatic rings. The van der Waals surface area contributed by atoms with E-state index in [1.807, 2.05) is 12.1 Å². The van der Waals surface area contributed by atoms with E-state index in [-0.39, 0.29) is 30.1 Å². The number of ether oxygens (including phenoxy) is 3. The van der Waals surface area contributed by atoms with Crippen LogP contribution in [0.4, 0.5) is 4.39 Å². The molecule has 2 atom stereocenters. The number of hydrogen-bond donors (Lipinski definition) is 3. The van der Waals surface area contributed by atoms with E-state index in [4.69, 9.17) is 14.2 Å². The van der Waals surface area contributed by atoms with Gasteiger partial charge in [0.1, 0.15) is 48.3 Å². The third-order valence-corrected chi connectivity index (χ3v) is 4.90. The van der Waals surface area contributed by atoms with Gasteiger partial charge in [0.05, 0.1) is 19.0 Å². The number of alkyl halides is 1. The standard InChI is InChI=1S/C23H24FN5O5/c1-13(8-24)33-16-5-14(18-3-4-19(29-18)23-28-15(11-30)12-32-23)6-17(7-16)34-21-10-26-20(9-27-21)22(31)25-2/h3-7,9-10,13,15,29-30H,8,11-12H2,1-2H3,(H,25,31)/t13-,15+/m0/s1. The van der Waals surface area contributed by atoms with E-state index < -0.39 is 12.8 Å². The second kappa shape index (κ2) is 10.3. The molecule has 1 aromatic carbocycles. The van der Waals surface area contributed by atoms with E-state index in [1.54, 1.807) is 25.1 Å². The van der Waals surface area contributed by atoms with Crippen LogP contribution in [-0.2, 0) is 4.74 Å². The summed E-state index contributed by atoms with van der Waals surface area (Å²) >= 11 is 0. The first-order chi connectivity index (χ1) is 16.5. The smallest absolute Gasteiger partial charge is 0.271 e. The number of H-pyrrole nitrogens is 1. The average Bonchev–Trinajstić information content (AvgIpc) is 3.53. The molecular formula is C23H24FN5O5. The SMILES string of the molecule is CNC(=O)c1cnc(Oc2cc(O[C@@H](C)CF)cc(-c3ccc(C4=N[C@H](CO)CO4)[nH]3)c2)cn1. The van der Waals surface area contributed by atoms with Gasteiger partial charge in [0.15, 0.2) is 0 Å². The van der Waals surface area contributed by atoms with Crippen molar-refractivity contribution in [2.45, 2.75) is 19.1 Å². The summed E-state index contributed by atoms with van der Waals surface area (Å²) in [6, 6.07) is 8.50. The molecular weight excluding hydrogens is 445 g/mol. The number of aliphatic hydroxyl groups is 1. The fourth-order valence-electron chi connectivity index (χ4n) is 3.20. The summed E-state index contributed by atoms with van der Waals surface area (Å²) < 4.78 is 30.1. The van der Waals surface area contributed by atoms with Gasteiger partial charge < -0.3 is 29.6 Å². The number of carbonyl (C=O) groups excluding carboxylic acids is 1. The topological polar surface area (TPSA) is 131 Å². The minimum Gasteiger partial charge on any atom is -0.488 e. The molecule has 2 aromatic heterocycles. The second-order valence-corrected chi connectivity index (χ2v) is 7.56. The van der Waals surface area contributed by atoms with Gasteiger partial charge in [0.2, 0.25) is 11.8 Å². The Morgan fingerprint density at radius 2 is 2.06 bits per heavy atom. The van der Waals surface area contributed by atoms with Gasteiger partial charge in [-0.25, -0.2) is 19.4 Å². The Bertz CT molecular complexity index is 1180. The number of benzene rings is 1. The van der Waals surface area contributed by atoms with E-state index >= 15 is 0 Å². The number of aliphatic hydroxyl groups excluding tert-OH is 1. The van der Waals surface area contributed by atoms with E-state index in [2.05, 4.69) is 25.3 Å². The maximum Gasteiger partial charge on any atom is 0.271 e. The fraction of sp³-hybridized carbons (Fsp3) is 0.304. The molecule has 0 saturated heterocycles. The maximum absolute atomic E-state index is 13.1. The molecule has 1 aliphatic heterocycles. The van der Waals surface area contributed by atoms with E-state index in [0.717, 1.165) is 5.69 Å². The van der Waals surface area contributed by atoms with Crippen molar-refractivity contribution in [3.63, 3.8) is 0 Å². The highest BCUT2D eigenvalue weighted by Crippen LogP contribution is 2.32. The lowest BCUT2D eigenvalue weighted by atomic mass is 10.1. The molecule has 4 rings (SSSR count). The lowest BCUT2D eigenvalue weighted by molar-refractivity contribution is 0.0957. The van der Waals surface area contributed by atoms with E-state index in [1.165, 1.54) is 19.4 Å². The molecule has 0 unspecified atom stereocenters. The van der Waals surface area contributed by atoms with E-state index in [0.29, 0.717) is 35.3 Å². The second-order valence-electron chi connectivity index (χ2n) is 7.56. The zero-order chi connectivity index (χ0) is 24.1. The molecule has 10 nitrogen and oxygen atoms in total. The first kappa shape index (κ1) is 23.2. The lowest BCUT2D eigenvalue weighted by Crippen LogP contribution is -2.19. The average molecular weight is 469 g/mol. The molecule has 3 heterocycles. The van der Waals surface area contributed by atoms with Crippen molar-refractivity contribution in [2.75, 3.05) is 26.9 Å². The zero-order valence-corrected chi connectivity index (χ0v) is 18.6. The number of halogens is 1. The Morgan fingerprint density at radius 3 is 2.74 bits per heavy atom. The van der Waals surface area contributed by atoms with Gasteiger partial charge in [-0.1, -0.05) is 0 Å². The normalized spacial score (nSPS) is 15.9. The van der Waals surface area contributed by atoms with Gasteiger partial charge in [-0.2, -0.15) is 0 Å². The zero-order valence-electron chi connectivity index (χ0n) is 18.6. The minimum absolute atomic E-state index is 0.0864. The summed E-state index contributed by atoms with van der Waals surface area (Å²) in [5, 5.41) is 11.7. The largest absolute Gasteiger partial charge is 0.488 e. The number of nitrogens with zero attached hydrogens (tertiary/aromatic N) is 3. The predicted octanol–water partition coefficient (Wildman–Crippen LogP) is 2.50. The molecule has 0 bridgehead atoms. The monoisotopic (exact) mass is 469 g/mol. The van der Waals surface area contributed by atoms with Gasteiger partial charge in [0, 0.05) is 24.4 Å². The number of nitrogens with one attached hydrogen (secondary N) is 2. The number of rotatable bonds is 9.